The van der Waals surface area contributed by atoms with Crippen molar-refractivity contribution in [3.05, 3.63) is 48.5 Å². The molecule has 0 amide bonds. The van der Waals surface area contributed by atoms with Gasteiger partial charge >= 0.3 is 5.51 Å². The Hall–Kier alpha value is -2.42. The summed E-state index contributed by atoms with van der Waals surface area (Å²) in [6, 6.07) is 9.62. The second-order valence-electron chi connectivity index (χ2n) is 4.16. The van der Waals surface area contributed by atoms with E-state index in [1.165, 1.54) is 24.3 Å². The van der Waals surface area contributed by atoms with Crippen LogP contribution in [-0.4, -0.2) is 19.0 Å². The monoisotopic (exact) mass is 330 g/mol. The minimum atomic E-state index is -5.37. The van der Waals surface area contributed by atoms with Gasteiger partial charge in [0.05, 0.1) is 16.3 Å². The summed E-state index contributed by atoms with van der Waals surface area (Å²) in [6.07, 6.45) is 0. The van der Waals surface area contributed by atoms with Gasteiger partial charge in [-0.25, -0.2) is 8.42 Å². The fraction of sp³-hybridized carbons (Fsp3) is 0.0769. The van der Waals surface area contributed by atoms with Crippen LogP contribution in [0.2, 0.25) is 0 Å². The van der Waals surface area contributed by atoms with Crippen LogP contribution in [-0.2, 0) is 9.84 Å². The first-order valence-corrected chi connectivity index (χ1v) is 7.31. The zero-order chi connectivity index (χ0) is 16.4. The number of benzene rings is 2. The summed E-state index contributed by atoms with van der Waals surface area (Å²) >= 11 is 0. The maximum Gasteiger partial charge on any atom is 0.501 e. The van der Waals surface area contributed by atoms with Gasteiger partial charge in [-0.05, 0) is 48.5 Å². The van der Waals surface area contributed by atoms with Crippen molar-refractivity contribution < 1.29 is 26.7 Å². The molecule has 0 fully saturated rings. The molecule has 116 valence electrons. The van der Waals surface area contributed by atoms with E-state index in [1.807, 2.05) is 0 Å². The molecule has 0 bridgehead atoms. The number of nitrogens with zero attached hydrogens (tertiary/aromatic N) is 2. The summed E-state index contributed by atoms with van der Waals surface area (Å²) in [6.45, 7) is 0. The smallest absolute Gasteiger partial charge is 0.501 e. The van der Waals surface area contributed by atoms with Crippen molar-refractivity contribution in [2.75, 3.05) is 0 Å². The summed E-state index contributed by atoms with van der Waals surface area (Å²) in [7, 11) is -5.37. The minimum absolute atomic E-state index is 0.0562. The average Bonchev–Trinajstić information content (AvgIpc) is 2.46. The van der Waals surface area contributed by atoms with Gasteiger partial charge in [0.15, 0.2) is 0 Å². The van der Waals surface area contributed by atoms with E-state index in [4.69, 9.17) is 5.11 Å². The molecule has 2 rings (SSSR count). The number of hydrogen-bond acceptors (Lipinski definition) is 5. The maximum atomic E-state index is 12.4. The van der Waals surface area contributed by atoms with Crippen molar-refractivity contribution in [1.29, 1.82) is 0 Å². The second kappa shape index (κ2) is 5.76. The van der Waals surface area contributed by atoms with E-state index in [2.05, 4.69) is 10.2 Å². The molecule has 22 heavy (non-hydrogen) atoms. The van der Waals surface area contributed by atoms with Crippen LogP contribution in [0, 0.1) is 0 Å². The average molecular weight is 330 g/mol. The Labute approximate surface area is 123 Å². The lowest BCUT2D eigenvalue weighted by atomic mass is 10.3. The van der Waals surface area contributed by atoms with Crippen LogP contribution < -0.4 is 0 Å². The Bertz CT molecular complexity index is 783. The molecule has 9 heteroatoms. The molecular formula is C13H9F3N2O3S. The number of sulfone groups is 1. The largest absolute Gasteiger partial charge is 0.508 e. The molecule has 2 aromatic rings. The van der Waals surface area contributed by atoms with E-state index < -0.39 is 20.2 Å². The molecular weight excluding hydrogens is 321 g/mol. The number of alkyl halides is 3. The molecule has 0 spiro atoms. The molecule has 0 saturated heterocycles. The molecule has 0 heterocycles. The van der Waals surface area contributed by atoms with Gasteiger partial charge in [0.25, 0.3) is 9.84 Å². The summed E-state index contributed by atoms with van der Waals surface area (Å²) in [4.78, 5) is -0.858. The lowest BCUT2D eigenvalue weighted by Gasteiger charge is -2.07. The third-order valence-corrected chi connectivity index (χ3v) is 4.08. The fourth-order valence-electron chi connectivity index (χ4n) is 1.46. The topological polar surface area (TPSA) is 79.1 Å². The molecule has 0 atom stereocenters. The van der Waals surface area contributed by atoms with Crippen LogP contribution in [0.25, 0.3) is 0 Å². The number of aromatic hydroxyl groups is 1. The van der Waals surface area contributed by atoms with Crippen molar-refractivity contribution >= 4 is 21.2 Å². The van der Waals surface area contributed by atoms with Crippen molar-refractivity contribution in [3.63, 3.8) is 0 Å². The number of phenols is 1. The van der Waals surface area contributed by atoms with E-state index in [0.717, 1.165) is 24.3 Å². The highest BCUT2D eigenvalue weighted by molar-refractivity contribution is 7.92. The number of phenolic OH excluding ortho intramolecular Hbond substituents is 1. The van der Waals surface area contributed by atoms with Crippen molar-refractivity contribution in [2.45, 2.75) is 10.4 Å². The van der Waals surface area contributed by atoms with Crippen LogP contribution in [0.4, 0.5) is 24.5 Å². The minimum Gasteiger partial charge on any atom is -0.508 e. The maximum absolute atomic E-state index is 12.4. The predicted octanol–water partition coefficient (Wildman–Crippen LogP) is 4.10. The quantitative estimate of drug-likeness (QED) is 0.860. The summed E-state index contributed by atoms with van der Waals surface area (Å²) < 4.78 is 59.5. The second-order valence-corrected chi connectivity index (χ2v) is 6.10. The van der Waals surface area contributed by atoms with Crippen molar-refractivity contribution in [3.8, 4) is 5.75 Å². The van der Waals surface area contributed by atoms with E-state index in [9.17, 15) is 21.6 Å². The molecule has 0 saturated carbocycles. The summed E-state index contributed by atoms with van der Waals surface area (Å²) in [5.41, 5.74) is -4.73. The van der Waals surface area contributed by atoms with Crippen molar-refractivity contribution in [1.82, 2.24) is 0 Å². The van der Waals surface area contributed by atoms with E-state index in [1.54, 1.807) is 0 Å². The number of rotatable bonds is 3. The first kappa shape index (κ1) is 16.0. The lowest BCUT2D eigenvalue weighted by molar-refractivity contribution is -0.0436. The first-order valence-electron chi connectivity index (χ1n) is 5.82. The van der Waals surface area contributed by atoms with Crippen molar-refractivity contribution in [2.24, 2.45) is 10.2 Å². The molecule has 0 aromatic heterocycles. The van der Waals surface area contributed by atoms with Gasteiger partial charge in [-0.2, -0.15) is 23.4 Å². The molecule has 0 aliphatic rings. The zero-order valence-electron chi connectivity index (χ0n) is 10.8. The molecule has 0 unspecified atom stereocenters. The molecule has 1 N–H and O–H groups in total. The van der Waals surface area contributed by atoms with Gasteiger partial charge in [0, 0.05) is 0 Å². The Morgan fingerprint density at radius 1 is 0.818 bits per heavy atom. The van der Waals surface area contributed by atoms with Gasteiger partial charge in [-0.15, -0.1) is 0 Å². The Kier molecular flexibility index (Phi) is 4.18. The van der Waals surface area contributed by atoms with Gasteiger partial charge < -0.3 is 5.11 Å². The zero-order valence-corrected chi connectivity index (χ0v) is 11.6. The normalized spacial score (nSPS) is 12.7. The highest BCUT2D eigenvalue weighted by Crippen LogP contribution is 2.31. The van der Waals surface area contributed by atoms with E-state index >= 15 is 0 Å². The van der Waals surface area contributed by atoms with Gasteiger partial charge in [-0.3, -0.25) is 0 Å². The fourth-order valence-corrected chi connectivity index (χ4v) is 2.22. The highest BCUT2D eigenvalue weighted by Gasteiger charge is 2.46. The third kappa shape index (κ3) is 3.42. The van der Waals surface area contributed by atoms with E-state index in [0.29, 0.717) is 5.69 Å². The summed E-state index contributed by atoms with van der Waals surface area (Å²) in [5, 5.41) is 16.7. The van der Waals surface area contributed by atoms with Crippen LogP contribution in [0.1, 0.15) is 0 Å². The van der Waals surface area contributed by atoms with Crippen LogP contribution in [0.5, 0.6) is 5.75 Å². The number of halogens is 3. The molecule has 0 aliphatic carbocycles. The van der Waals surface area contributed by atoms with E-state index in [-0.39, 0.29) is 11.4 Å². The number of azo groups is 1. The van der Waals surface area contributed by atoms with Crippen LogP contribution >= 0.6 is 0 Å². The van der Waals surface area contributed by atoms with Gasteiger partial charge in [0.2, 0.25) is 0 Å². The molecule has 2 aromatic carbocycles. The Morgan fingerprint density at radius 3 is 1.64 bits per heavy atom. The van der Waals surface area contributed by atoms with Crippen LogP contribution in [0.3, 0.4) is 0 Å². The Morgan fingerprint density at radius 2 is 1.23 bits per heavy atom. The SMILES string of the molecule is O=S(=O)(c1ccc(N=Nc2ccc(O)cc2)cc1)C(F)(F)F. The molecule has 0 radical (unpaired) electrons. The standard InChI is InChI=1S/C13H9F3N2O3S/c14-13(15,16)22(20,21)12-7-3-10(4-8-12)18-17-9-1-5-11(19)6-2-9/h1-8,19H. The molecule has 0 aliphatic heterocycles. The van der Waals surface area contributed by atoms with Crippen LogP contribution in [0.15, 0.2) is 63.7 Å². The number of hydrogen-bond donors (Lipinski definition) is 1. The highest BCUT2D eigenvalue weighted by atomic mass is 32.2. The molecule has 5 nitrogen and oxygen atoms in total. The van der Waals surface area contributed by atoms with Gasteiger partial charge in [0.1, 0.15) is 5.75 Å². The third-order valence-electron chi connectivity index (χ3n) is 2.58. The Balaban J connectivity index is 2.21. The van der Waals surface area contributed by atoms with Gasteiger partial charge in [-0.1, -0.05) is 0 Å². The predicted molar refractivity (Wildman–Crippen MR) is 72.0 cm³/mol. The summed E-state index contributed by atoms with van der Waals surface area (Å²) in [5.74, 6) is 0.0562. The lowest BCUT2D eigenvalue weighted by Crippen LogP contribution is -2.23. The first-order chi connectivity index (χ1) is 10.2.